The molecule has 2 aliphatic rings. The molecule has 2 aliphatic heterocycles. The van der Waals surface area contributed by atoms with Crippen LogP contribution in [0.5, 0.6) is 0 Å². The molecule has 0 radical (unpaired) electrons. The number of rotatable bonds is 6. The lowest BCUT2D eigenvalue weighted by Crippen LogP contribution is -2.47. The van der Waals surface area contributed by atoms with Crippen LogP contribution in [0.25, 0.3) is 11.4 Å². The minimum atomic E-state index is -0.379. The Hall–Kier alpha value is -2.74. The molecule has 8 nitrogen and oxygen atoms in total. The Morgan fingerprint density at radius 3 is 2.90 bits per heavy atom. The van der Waals surface area contributed by atoms with Crippen molar-refractivity contribution in [1.82, 2.24) is 19.9 Å². The van der Waals surface area contributed by atoms with E-state index in [1.807, 2.05) is 30.3 Å². The molecule has 1 aromatic carbocycles. The number of piperidine rings is 1. The molecule has 0 saturated carbocycles. The molecular formula is C22H29N5O3. The molecule has 30 heavy (non-hydrogen) atoms. The zero-order chi connectivity index (χ0) is 21.1. The van der Waals surface area contributed by atoms with Gasteiger partial charge in [-0.25, -0.2) is 0 Å². The third-order valence-corrected chi connectivity index (χ3v) is 5.96. The molecule has 8 heteroatoms. The van der Waals surface area contributed by atoms with Gasteiger partial charge in [0.1, 0.15) is 6.04 Å². The first-order chi connectivity index (χ1) is 14.5. The van der Waals surface area contributed by atoms with E-state index in [9.17, 15) is 9.59 Å². The Kier molecular flexibility index (Phi) is 6.13. The van der Waals surface area contributed by atoms with Gasteiger partial charge in [-0.05, 0) is 25.2 Å². The largest absolute Gasteiger partial charge is 0.341 e. The Morgan fingerprint density at radius 1 is 1.30 bits per heavy atom. The lowest BCUT2D eigenvalue weighted by atomic mass is 9.99. The predicted octanol–water partition coefficient (Wildman–Crippen LogP) is 2.38. The molecule has 2 fully saturated rings. The van der Waals surface area contributed by atoms with E-state index >= 15 is 0 Å². The van der Waals surface area contributed by atoms with E-state index in [0.717, 1.165) is 31.4 Å². The van der Waals surface area contributed by atoms with Crippen molar-refractivity contribution in [2.45, 2.75) is 51.1 Å². The summed E-state index contributed by atoms with van der Waals surface area (Å²) >= 11 is 0. The smallest absolute Gasteiger partial charge is 0.249 e. The van der Waals surface area contributed by atoms with Gasteiger partial charge in [0.05, 0.1) is 0 Å². The highest BCUT2D eigenvalue weighted by molar-refractivity contribution is 5.78. The van der Waals surface area contributed by atoms with Gasteiger partial charge < -0.3 is 20.1 Å². The number of carbonyl (C=O) groups excluding carboxylic acids is 2. The fraction of sp³-hybridized carbons (Fsp3) is 0.545. The second-order valence-electron chi connectivity index (χ2n) is 8.47. The monoisotopic (exact) mass is 411 g/mol. The summed E-state index contributed by atoms with van der Waals surface area (Å²) in [5.74, 6) is 1.58. The maximum atomic E-state index is 13.0. The van der Waals surface area contributed by atoms with E-state index in [2.05, 4.69) is 17.1 Å². The molecule has 0 unspecified atom stereocenters. The zero-order valence-electron chi connectivity index (χ0n) is 17.4. The normalized spacial score (nSPS) is 23.1. The molecule has 3 heterocycles. The van der Waals surface area contributed by atoms with Gasteiger partial charge >= 0.3 is 0 Å². The number of nitrogens with zero attached hydrogens (tertiary/aromatic N) is 4. The van der Waals surface area contributed by atoms with Crippen LogP contribution in [0.3, 0.4) is 0 Å². The third-order valence-electron chi connectivity index (χ3n) is 5.96. The summed E-state index contributed by atoms with van der Waals surface area (Å²) in [5.41, 5.74) is 7.13. The molecule has 0 aliphatic carbocycles. The number of aromatic nitrogens is 2. The maximum Gasteiger partial charge on any atom is 0.249 e. The lowest BCUT2D eigenvalue weighted by molar-refractivity contribution is -0.137. The summed E-state index contributed by atoms with van der Waals surface area (Å²) in [7, 11) is 0. The maximum absolute atomic E-state index is 13.0. The van der Waals surface area contributed by atoms with Crippen molar-refractivity contribution in [3.8, 4) is 11.4 Å². The Balaban J connectivity index is 1.38. The Morgan fingerprint density at radius 2 is 2.10 bits per heavy atom. The van der Waals surface area contributed by atoms with Crippen LogP contribution in [0.2, 0.25) is 0 Å². The summed E-state index contributed by atoms with van der Waals surface area (Å²) in [4.78, 5) is 33.2. The van der Waals surface area contributed by atoms with Crippen LogP contribution >= 0.6 is 0 Å². The number of benzene rings is 1. The molecule has 2 aromatic rings. The van der Waals surface area contributed by atoms with Gasteiger partial charge in [-0.15, -0.1) is 0 Å². The van der Waals surface area contributed by atoms with E-state index < -0.39 is 0 Å². The molecule has 160 valence electrons. The van der Waals surface area contributed by atoms with Gasteiger partial charge in [-0.1, -0.05) is 42.4 Å². The van der Waals surface area contributed by atoms with Crippen LogP contribution < -0.4 is 5.73 Å². The van der Waals surface area contributed by atoms with Crippen molar-refractivity contribution in [2.75, 3.05) is 19.6 Å². The molecule has 0 bridgehead atoms. The van der Waals surface area contributed by atoms with E-state index in [0.29, 0.717) is 37.1 Å². The Bertz CT molecular complexity index is 884. The van der Waals surface area contributed by atoms with Crippen LogP contribution in [0.15, 0.2) is 34.9 Å². The standard InChI is InChI=1S/C22H29N5O3/c1-15-9-10-19(28)26(13-15)14-17(23)12-20(29)27-11-5-8-18(27)22-24-21(25-30-22)16-6-3-2-4-7-16/h2-4,6-7,15,17-18H,5,8-14,23H2,1H3/t15-,17+,18+/m1/s1. The quantitative estimate of drug-likeness (QED) is 0.782. The van der Waals surface area contributed by atoms with Gasteiger partial charge in [0.15, 0.2) is 0 Å². The van der Waals surface area contributed by atoms with E-state index in [-0.39, 0.29) is 30.3 Å². The van der Waals surface area contributed by atoms with Crippen LogP contribution in [-0.4, -0.2) is 57.4 Å². The predicted molar refractivity (Wildman–Crippen MR) is 111 cm³/mol. The first-order valence-corrected chi connectivity index (χ1v) is 10.7. The number of hydrogen-bond acceptors (Lipinski definition) is 6. The summed E-state index contributed by atoms with van der Waals surface area (Å²) in [6, 6.07) is 9.03. The summed E-state index contributed by atoms with van der Waals surface area (Å²) in [5, 5.41) is 4.09. The number of amides is 2. The molecule has 2 N–H and O–H groups in total. The SMILES string of the molecule is C[C@@H]1CCC(=O)N(C[C@@H](N)CC(=O)N2CCC[C@H]2c2nc(-c3ccccc3)no2)C1. The highest BCUT2D eigenvalue weighted by atomic mass is 16.5. The molecule has 1 aromatic heterocycles. The Labute approximate surface area is 176 Å². The molecular weight excluding hydrogens is 382 g/mol. The first-order valence-electron chi connectivity index (χ1n) is 10.7. The first kappa shape index (κ1) is 20.5. The van der Waals surface area contributed by atoms with Gasteiger partial charge in [-0.3, -0.25) is 9.59 Å². The van der Waals surface area contributed by atoms with Gasteiger partial charge in [-0.2, -0.15) is 4.98 Å². The van der Waals surface area contributed by atoms with E-state index in [1.54, 1.807) is 9.80 Å². The van der Waals surface area contributed by atoms with Crippen LogP contribution in [-0.2, 0) is 9.59 Å². The molecule has 0 spiro atoms. The minimum absolute atomic E-state index is 0.0260. The molecule has 2 saturated heterocycles. The van der Waals surface area contributed by atoms with Gasteiger partial charge in [0.2, 0.25) is 23.5 Å². The van der Waals surface area contributed by atoms with Crippen LogP contribution in [0, 0.1) is 5.92 Å². The highest BCUT2D eigenvalue weighted by Gasteiger charge is 2.35. The van der Waals surface area contributed by atoms with Crippen molar-refractivity contribution >= 4 is 11.8 Å². The van der Waals surface area contributed by atoms with Crippen molar-refractivity contribution in [3.05, 3.63) is 36.2 Å². The number of likely N-dealkylation sites (tertiary alicyclic amines) is 2. The number of carbonyl (C=O) groups is 2. The van der Waals surface area contributed by atoms with Crippen LogP contribution in [0.1, 0.15) is 51.0 Å². The minimum Gasteiger partial charge on any atom is -0.341 e. The second-order valence-corrected chi connectivity index (χ2v) is 8.47. The van der Waals surface area contributed by atoms with Crippen molar-refractivity contribution in [1.29, 1.82) is 0 Å². The third kappa shape index (κ3) is 4.53. The summed E-state index contributed by atoms with van der Waals surface area (Å²) in [6.45, 7) is 3.93. The van der Waals surface area contributed by atoms with E-state index in [1.165, 1.54) is 0 Å². The summed E-state index contributed by atoms with van der Waals surface area (Å²) in [6.07, 6.45) is 3.37. The van der Waals surface area contributed by atoms with Crippen molar-refractivity contribution in [2.24, 2.45) is 11.7 Å². The van der Waals surface area contributed by atoms with Crippen molar-refractivity contribution in [3.63, 3.8) is 0 Å². The average molecular weight is 412 g/mol. The fourth-order valence-corrected chi connectivity index (χ4v) is 4.36. The van der Waals surface area contributed by atoms with Gasteiger partial charge in [0.25, 0.3) is 0 Å². The van der Waals surface area contributed by atoms with Crippen molar-refractivity contribution < 1.29 is 14.1 Å². The van der Waals surface area contributed by atoms with Crippen LogP contribution in [0.4, 0.5) is 0 Å². The summed E-state index contributed by atoms with van der Waals surface area (Å²) < 4.78 is 5.50. The number of hydrogen-bond donors (Lipinski definition) is 1. The second kappa shape index (κ2) is 8.95. The zero-order valence-corrected chi connectivity index (χ0v) is 17.4. The molecule has 4 rings (SSSR count). The topological polar surface area (TPSA) is 106 Å². The number of nitrogens with two attached hydrogens (primary N) is 1. The van der Waals surface area contributed by atoms with E-state index in [4.69, 9.17) is 10.3 Å². The van der Waals surface area contributed by atoms with Gasteiger partial charge in [0, 0.05) is 44.1 Å². The molecule has 3 atom stereocenters. The highest BCUT2D eigenvalue weighted by Crippen LogP contribution is 2.32. The average Bonchev–Trinajstić information content (AvgIpc) is 3.40. The lowest BCUT2D eigenvalue weighted by Gasteiger charge is -2.33. The molecule has 2 amide bonds. The fourth-order valence-electron chi connectivity index (χ4n) is 4.36.